The van der Waals surface area contributed by atoms with E-state index in [9.17, 15) is 13.6 Å². The van der Waals surface area contributed by atoms with Gasteiger partial charge in [0.25, 0.3) is 11.8 Å². The number of rotatable bonds is 8. The Morgan fingerprint density at radius 1 is 1.14 bits per heavy atom. The van der Waals surface area contributed by atoms with Gasteiger partial charge in [-0.15, -0.1) is 5.10 Å². The summed E-state index contributed by atoms with van der Waals surface area (Å²) in [7, 11) is 1.66. The molecule has 2 aromatic rings. The molecule has 1 aliphatic carbocycles. The quantitative estimate of drug-likeness (QED) is 0.551. The molecule has 1 aromatic heterocycles. The molecule has 0 spiro atoms. The third-order valence-corrected chi connectivity index (χ3v) is 6.99. The van der Waals surface area contributed by atoms with Gasteiger partial charge in [-0.3, -0.25) is 4.79 Å². The predicted molar refractivity (Wildman–Crippen MR) is 132 cm³/mol. The van der Waals surface area contributed by atoms with Gasteiger partial charge in [-0.2, -0.15) is 5.10 Å². The van der Waals surface area contributed by atoms with Crippen LogP contribution in [-0.4, -0.2) is 59.2 Å². The van der Waals surface area contributed by atoms with Gasteiger partial charge in [0.05, 0.1) is 24.4 Å². The number of amides is 1. The summed E-state index contributed by atoms with van der Waals surface area (Å²) < 4.78 is 35.0. The number of unbranched alkanes of at least 4 members (excludes halogenated alkanes) is 1. The van der Waals surface area contributed by atoms with Crippen molar-refractivity contribution in [3.63, 3.8) is 0 Å². The lowest BCUT2D eigenvalue weighted by Crippen LogP contribution is -2.57. The molecule has 1 atom stereocenters. The smallest absolute Gasteiger partial charge is 0.280 e. The Morgan fingerprint density at radius 2 is 1.89 bits per heavy atom. The molecule has 1 unspecified atom stereocenters. The van der Waals surface area contributed by atoms with E-state index in [-0.39, 0.29) is 24.8 Å². The summed E-state index contributed by atoms with van der Waals surface area (Å²) in [5, 5.41) is 10.9. The van der Waals surface area contributed by atoms with E-state index in [2.05, 4.69) is 22.4 Å². The number of alkyl halides is 2. The molecule has 0 bridgehead atoms. The Bertz CT molecular complexity index is 993. The standard InChI is InChI=1S/C27H36F2N4O2/c1-3-4-10-23-22(19-11-13-21(14-12-19)35-20-8-6-5-7-9-20)17-24(32-31-23)26(34)30-25-15-16-33(2)18-27(25,28)29/h11-14,17,20,25H,3-10,15-16,18H2,1-2H3,(H,30,34). The van der Waals surface area contributed by atoms with E-state index < -0.39 is 17.9 Å². The number of halogens is 2. The van der Waals surface area contributed by atoms with Crippen LogP contribution < -0.4 is 10.1 Å². The molecule has 1 aliphatic heterocycles. The van der Waals surface area contributed by atoms with Gasteiger partial charge >= 0.3 is 0 Å². The Hall–Kier alpha value is -2.61. The van der Waals surface area contributed by atoms with Crippen LogP contribution in [0.15, 0.2) is 30.3 Å². The third kappa shape index (κ3) is 6.54. The summed E-state index contributed by atoms with van der Waals surface area (Å²) in [5.74, 6) is -2.78. The van der Waals surface area contributed by atoms with E-state index in [1.165, 1.54) is 19.3 Å². The number of aryl methyl sites for hydroxylation is 1. The zero-order valence-electron chi connectivity index (χ0n) is 20.7. The highest BCUT2D eigenvalue weighted by molar-refractivity contribution is 5.93. The molecule has 0 radical (unpaired) electrons. The van der Waals surface area contributed by atoms with Gasteiger partial charge in [-0.05, 0) is 75.8 Å². The first-order chi connectivity index (χ1) is 16.9. The number of carbonyl (C=O) groups is 1. The summed E-state index contributed by atoms with van der Waals surface area (Å²) in [5.41, 5.74) is 2.56. The lowest BCUT2D eigenvalue weighted by atomic mass is 9.97. The van der Waals surface area contributed by atoms with Gasteiger partial charge in [0, 0.05) is 12.1 Å². The maximum absolute atomic E-state index is 14.4. The van der Waals surface area contributed by atoms with Gasteiger partial charge in [-0.25, -0.2) is 8.78 Å². The second kappa shape index (κ2) is 11.4. The van der Waals surface area contributed by atoms with Gasteiger partial charge in [0.1, 0.15) is 5.75 Å². The van der Waals surface area contributed by atoms with E-state index in [4.69, 9.17) is 4.74 Å². The Labute approximate surface area is 206 Å². The highest BCUT2D eigenvalue weighted by Gasteiger charge is 2.44. The van der Waals surface area contributed by atoms with Crippen molar-refractivity contribution in [1.29, 1.82) is 0 Å². The Morgan fingerprint density at radius 3 is 2.57 bits per heavy atom. The average molecular weight is 487 g/mol. The average Bonchev–Trinajstić information content (AvgIpc) is 2.85. The minimum absolute atomic E-state index is 0.0532. The van der Waals surface area contributed by atoms with Gasteiger partial charge < -0.3 is 15.0 Å². The SMILES string of the molecule is CCCCc1nnc(C(=O)NC2CCN(C)CC2(F)F)cc1-c1ccc(OC2CCCCC2)cc1. The molecule has 2 heterocycles. The van der Waals surface area contributed by atoms with Crippen molar-refractivity contribution in [1.82, 2.24) is 20.4 Å². The van der Waals surface area contributed by atoms with Crippen molar-refractivity contribution in [2.24, 2.45) is 0 Å². The van der Waals surface area contributed by atoms with Crippen LogP contribution in [-0.2, 0) is 6.42 Å². The van der Waals surface area contributed by atoms with Crippen molar-refractivity contribution < 1.29 is 18.3 Å². The first-order valence-electron chi connectivity index (χ1n) is 12.9. The number of aromatic nitrogens is 2. The minimum atomic E-state index is -2.99. The second-order valence-electron chi connectivity index (χ2n) is 9.91. The van der Waals surface area contributed by atoms with Crippen molar-refractivity contribution in [2.45, 2.75) is 82.8 Å². The summed E-state index contributed by atoms with van der Waals surface area (Å²) >= 11 is 0. The number of likely N-dealkylation sites (tertiary alicyclic amines) is 1. The van der Waals surface area contributed by atoms with Crippen LogP contribution in [0.5, 0.6) is 5.75 Å². The molecule has 2 fully saturated rings. The molecule has 1 aromatic carbocycles. The molecule has 1 N–H and O–H groups in total. The number of hydrogen-bond acceptors (Lipinski definition) is 5. The lowest BCUT2D eigenvalue weighted by Gasteiger charge is -2.36. The van der Waals surface area contributed by atoms with Crippen molar-refractivity contribution >= 4 is 5.91 Å². The minimum Gasteiger partial charge on any atom is -0.490 e. The van der Waals surface area contributed by atoms with Crippen LogP contribution >= 0.6 is 0 Å². The molecule has 35 heavy (non-hydrogen) atoms. The maximum atomic E-state index is 14.4. The molecule has 4 rings (SSSR count). The molecule has 1 amide bonds. The van der Waals surface area contributed by atoms with E-state index >= 15 is 0 Å². The molecule has 6 nitrogen and oxygen atoms in total. The van der Waals surface area contributed by atoms with Crippen molar-refractivity contribution in [2.75, 3.05) is 20.1 Å². The van der Waals surface area contributed by atoms with Crippen LogP contribution in [0.1, 0.15) is 74.5 Å². The molecular weight excluding hydrogens is 450 g/mol. The Kier molecular flexibility index (Phi) is 8.31. The van der Waals surface area contributed by atoms with Gasteiger partial charge in [0.15, 0.2) is 5.69 Å². The number of benzene rings is 1. The summed E-state index contributed by atoms with van der Waals surface area (Å²) in [4.78, 5) is 14.5. The van der Waals surface area contributed by atoms with Crippen molar-refractivity contribution in [3.05, 3.63) is 41.7 Å². The molecule has 1 saturated heterocycles. The van der Waals surface area contributed by atoms with E-state index in [1.807, 2.05) is 24.3 Å². The van der Waals surface area contributed by atoms with Crippen LogP contribution in [0.4, 0.5) is 8.78 Å². The molecular formula is C27H36F2N4O2. The van der Waals surface area contributed by atoms with Crippen LogP contribution in [0.25, 0.3) is 11.1 Å². The molecule has 1 saturated carbocycles. The van der Waals surface area contributed by atoms with E-state index in [1.54, 1.807) is 18.0 Å². The number of piperidine rings is 1. The first-order valence-corrected chi connectivity index (χ1v) is 12.9. The highest BCUT2D eigenvalue weighted by atomic mass is 19.3. The topological polar surface area (TPSA) is 67.4 Å². The zero-order valence-corrected chi connectivity index (χ0v) is 20.7. The number of ether oxygens (including phenoxy) is 1. The third-order valence-electron chi connectivity index (χ3n) is 6.99. The number of nitrogens with zero attached hydrogens (tertiary/aromatic N) is 3. The van der Waals surface area contributed by atoms with Gasteiger partial charge in [-0.1, -0.05) is 31.9 Å². The zero-order chi connectivity index (χ0) is 24.8. The fourth-order valence-corrected chi connectivity index (χ4v) is 4.91. The largest absolute Gasteiger partial charge is 0.490 e. The van der Waals surface area contributed by atoms with E-state index in [0.717, 1.165) is 54.7 Å². The molecule has 2 aliphatic rings. The number of nitrogens with one attached hydrogen (secondary N) is 1. The second-order valence-corrected chi connectivity index (χ2v) is 9.91. The number of carbonyl (C=O) groups excluding carboxylic acids is 1. The molecule has 8 heteroatoms. The maximum Gasteiger partial charge on any atom is 0.280 e. The van der Waals surface area contributed by atoms with E-state index in [0.29, 0.717) is 6.54 Å². The monoisotopic (exact) mass is 486 g/mol. The van der Waals surface area contributed by atoms with Crippen molar-refractivity contribution in [3.8, 4) is 16.9 Å². The fourth-order valence-electron chi connectivity index (χ4n) is 4.91. The number of hydrogen-bond donors (Lipinski definition) is 1. The van der Waals surface area contributed by atoms with Crippen LogP contribution in [0, 0.1) is 0 Å². The summed E-state index contributed by atoms with van der Waals surface area (Å²) in [6.07, 6.45) is 9.01. The van der Waals surface area contributed by atoms with Crippen LogP contribution in [0.3, 0.4) is 0 Å². The summed E-state index contributed by atoms with van der Waals surface area (Å²) in [6.45, 7) is 2.23. The lowest BCUT2D eigenvalue weighted by molar-refractivity contribution is -0.0816. The summed E-state index contributed by atoms with van der Waals surface area (Å²) in [6, 6.07) is 8.30. The predicted octanol–water partition coefficient (Wildman–Crippen LogP) is 5.27. The van der Waals surface area contributed by atoms with Gasteiger partial charge in [0.2, 0.25) is 0 Å². The first kappa shape index (κ1) is 25.5. The fraction of sp³-hybridized carbons (Fsp3) is 0.593. The van der Waals surface area contributed by atoms with Crippen LogP contribution in [0.2, 0.25) is 0 Å². The highest BCUT2D eigenvalue weighted by Crippen LogP contribution is 2.30. The Balaban J connectivity index is 1.53. The normalized spacial score (nSPS) is 21.0. The molecule has 190 valence electrons.